The Morgan fingerprint density at radius 1 is 1.00 bits per heavy atom. The number of fused-ring (bicyclic) bond motifs is 1. The largest absolute Gasteiger partial charge is 0.367 e. The molecule has 2 aromatic carbocycles. The number of anilines is 1. The Labute approximate surface area is 220 Å². The van der Waals surface area contributed by atoms with E-state index in [0.29, 0.717) is 17.8 Å². The van der Waals surface area contributed by atoms with E-state index in [1.54, 1.807) is 6.20 Å². The molecule has 2 N–H and O–H groups in total. The molecule has 5 rings (SSSR count). The van der Waals surface area contributed by atoms with Gasteiger partial charge < -0.3 is 10.6 Å². The van der Waals surface area contributed by atoms with E-state index in [2.05, 4.69) is 47.8 Å². The highest BCUT2D eigenvalue weighted by Crippen LogP contribution is 2.28. The van der Waals surface area contributed by atoms with Crippen LogP contribution in [0.1, 0.15) is 73.5 Å². The molecule has 188 valence electrons. The van der Waals surface area contributed by atoms with Crippen LogP contribution in [0.4, 0.5) is 5.82 Å². The highest BCUT2D eigenvalue weighted by Gasteiger charge is 2.27. The molecule has 0 bridgehead atoms. The number of benzene rings is 2. The van der Waals surface area contributed by atoms with Gasteiger partial charge in [0.2, 0.25) is 0 Å². The van der Waals surface area contributed by atoms with Crippen LogP contribution in [0.15, 0.2) is 66.9 Å². The lowest BCUT2D eigenvalue weighted by Crippen LogP contribution is -2.34. The number of rotatable bonds is 9. The number of hydrogen-bond donors (Lipinski definition) is 2. The lowest BCUT2D eigenvalue weighted by Gasteiger charge is -2.19. The fourth-order valence-electron chi connectivity index (χ4n) is 5.32. The molecule has 2 heterocycles. The van der Waals surface area contributed by atoms with Crippen molar-refractivity contribution in [3.05, 3.63) is 83.7 Å². The van der Waals surface area contributed by atoms with Gasteiger partial charge in [-0.25, -0.2) is 4.98 Å². The maximum atomic E-state index is 13.0. The van der Waals surface area contributed by atoms with E-state index < -0.39 is 0 Å². The Bertz CT molecular complexity index is 1340. The van der Waals surface area contributed by atoms with Gasteiger partial charge in [0.05, 0.1) is 14.0 Å². The van der Waals surface area contributed by atoms with Crippen LogP contribution in [0, 0.1) is 0 Å². The van der Waals surface area contributed by atoms with Crippen molar-refractivity contribution in [3.8, 4) is 11.1 Å². The topological polar surface area (TPSA) is 71.3 Å². The van der Waals surface area contributed by atoms with Crippen molar-refractivity contribution in [3.63, 3.8) is 0 Å². The van der Waals surface area contributed by atoms with Crippen molar-refractivity contribution in [1.82, 2.24) is 19.9 Å². The molecule has 0 spiro atoms. The Hall–Kier alpha value is -3.61. The maximum Gasteiger partial charge on any atom is 0.251 e. The highest BCUT2D eigenvalue weighted by atomic mass is 16.1. The van der Waals surface area contributed by atoms with Crippen LogP contribution < -0.4 is 10.6 Å². The molecular formula is C30H34BN5O. The first-order chi connectivity index (χ1) is 18.1. The zero-order chi connectivity index (χ0) is 25.8. The second-order valence-electron chi connectivity index (χ2n) is 9.98. The van der Waals surface area contributed by atoms with Crippen LogP contribution in [0.25, 0.3) is 16.8 Å². The van der Waals surface area contributed by atoms with Crippen LogP contribution >= 0.6 is 0 Å². The zero-order valence-corrected chi connectivity index (χ0v) is 21.7. The molecule has 0 saturated heterocycles. The molecule has 0 aliphatic heterocycles. The molecule has 1 aliphatic rings. The van der Waals surface area contributed by atoms with Crippen molar-refractivity contribution < 1.29 is 4.79 Å². The second-order valence-corrected chi connectivity index (χ2v) is 9.98. The Balaban J connectivity index is 1.21. The normalized spacial score (nSPS) is 17.4. The van der Waals surface area contributed by atoms with E-state index in [1.807, 2.05) is 47.0 Å². The summed E-state index contributed by atoms with van der Waals surface area (Å²) >= 11 is 0. The van der Waals surface area contributed by atoms with Gasteiger partial charge in [-0.05, 0) is 55.4 Å². The molecule has 2 aromatic heterocycles. The Morgan fingerprint density at radius 2 is 1.68 bits per heavy atom. The molecule has 6 nitrogen and oxygen atoms in total. The molecule has 1 amide bonds. The summed E-state index contributed by atoms with van der Waals surface area (Å²) < 4.78 is 1.88. The second kappa shape index (κ2) is 11.2. The van der Waals surface area contributed by atoms with E-state index >= 15 is 0 Å². The quantitative estimate of drug-likeness (QED) is 0.293. The molecule has 2 atom stereocenters. The van der Waals surface area contributed by atoms with Crippen molar-refractivity contribution in [2.75, 3.05) is 5.32 Å². The summed E-state index contributed by atoms with van der Waals surface area (Å²) in [4.78, 5) is 17.8. The van der Waals surface area contributed by atoms with Gasteiger partial charge in [-0.1, -0.05) is 62.1 Å². The van der Waals surface area contributed by atoms with E-state index in [1.165, 1.54) is 0 Å². The number of hydrogen-bond acceptors (Lipinski definition) is 4. The van der Waals surface area contributed by atoms with Gasteiger partial charge in [0.15, 0.2) is 5.65 Å². The summed E-state index contributed by atoms with van der Waals surface area (Å²) in [5.41, 5.74) is 5.97. The average Bonchev–Trinajstić information content (AvgIpc) is 3.59. The zero-order valence-electron chi connectivity index (χ0n) is 21.7. The van der Waals surface area contributed by atoms with Gasteiger partial charge in [0.25, 0.3) is 5.91 Å². The summed E-state index contributed by atoms with van der Waals surface area (Å²) in [5.74, 6) is 1.39. The van der Waals surface area contributed by atoms with Crippen LogP contribution in [-0.4, -0.2) is 40.4 Å². The molecule has 2 radical (unpaired) electrons. The standard InChI is InChI=1S/C30H34BN5O/c1-3-21(4-2)27-18-29(36-28(35-27)15-16-32-36)33-25-13-14-26(17-25)34-30(37)24-11-9-23(10-12-24)22-7-5-20(19-31)6-8-22/h5-12,15-16,18,21,25-26,33H,3-4,13-14,17,19H2,1-2H3,(H,34,37)/t25-,26-/m0/s1. The monoisotopic (exact) mass is 491 g/mol. The van der Waals surface area contributed by atoms with Crippen LogP contribution in [-0.2, 0) is 6.32 Å². The van der Waals surface area contributed by atoms with Crippen LogP contribution in [0.5, 0.6) is 0 Å². The van der Waals surface area contributed by atoms with Crippen molar-refractivity contribution in [1.29, 1.82) is 0 Å². The minimum absolute atomic E-state index is 0.0231. The van der Waals surface area contributed by atoms with Crippen molar-refractivity contribution in [2.24, 2.45) is 0 Å². The third-order valence-corrected chi connectivity index (χ3v) is 7.57. The van der Waals surface area contributed by atoms with Crippen molar-refractivity contribution in [2.45, 2.75) is 70.3 Å². The summed E-state index contributed by atoms with van der Waals surface area (Å²) in [6.45, 7) is 4.42. The number of nitrogens with zero attached hydrogens (tertiary/aromatic N) is 3. The first kappa shape index (κ1) is 25.1. The summed E-state index contributed by atoms with van der Waals surface area (Å²) in [6.07, 6.45) is 7.27. The summed E-state index contributed by atoms with van der Waals surface area (Å²) in [5, 5.41) is 11.4. The predicted octanol–water partition coefficient (Wildman–Crippen LogP) is 5.73. The molecule has 7 heteroatoms. The number of carbonyl (C=O) groups is 1. The van der Waals surface area contributed by atoms with E-state index in [-0.39, 0.29) is 18.0 Å². The highest BCUT2D eigenvalue weighted by molar-refractivity contribution is 6.08. The summed E-state index contributed by atoms with van der Waals surface area (Å²) in [6, 6.07) is 20.5. The van der Waals surface area contributed by atoms with E-state index in [0.717, 1.165) is 66.0 Å². The van der Waals surface area contributed by atoms with Gasteiger partial charge >= 0.3 is 0 Å². The first-order valence-electron chi connectivity index (χ1n) is 13.4. The molecule has 4 aromatic rings. The van der Waals surface area contributed by atoms with Gasteiger partial charge in [-0.15, -0.1) is 0 Å². The van der Waals surface area contributed by atoms with Crippen LogP contribution in [0.2, 0.25) is 0 Å². The minimum atomic E-state index is -0.0231. The fourth-order valence-corrected chi connectivity index (χ4v) is 5.32. The number of aromatic nitrogens is 3. The molecule has 0 unspecified atom stereocenters. The SMILES string of the molecule is [B]Cc1ccc(-c2ccc(C(=O)N[C@H]3CC[C@H](Nc4cc(C(CC)CC)nc5ccnn45)C3)cc2)cc1. The molecular weight excluding hydrogens is 457 g/mol. The molecule has 1 fully saturated rings. The van der Waals surface area contributed by atoms with Gasteiger partial charge in [-0.2, -0.15) is 9.61 Å². The van der Waals surface area contributed by atoms with Gasteiger partial charge in [0.1, 0.15) is 5.82 Å². The molecule has 1 saturated carbocycles. The Kier molecular flexibility index (Phi) is 7.59. The Morgan fingerprint density at radius 3 is 2.35 bits per heavy atom. The molecule has 1 aliphatic carbocycles. The lowest BCUT2D eigenvalue weighted by atomic mass is 9.95. The minimum Gasteiger partial charge on any atom is -0.367 e. The predicted molar refractivity (Wildman–Crippen MR) is 150 cm³/mol. The lowest BCUT2D eigenvalue weighted by molar-refractivity contribution is 0.0938. The third kappa shape index (κ3) is 5.56. The smallest absolute Gasteiger partial charge is 0.251 e. The average molecular weight is 491 g/mol. The number of amides is 1. The number of carbonyl (C=O) groups excluding carboxylic acids is 1. The van der Waals surface area contributed by atoms with Crippen molar-refractivity contribution >= 4 is 25.2 Å². The molecule has 37 heavy (non-hydrogen) atoms. The van der Waals surface area contributed by atoms with Gasteiger partial charge in [-0.3, -0.25) is 4.79 Å². The maximum absolute atomic E-state index is 13.0. The van der Waals surface area contributed by atoms with E-state index in [9.17, 15) is 4.79 Å². The third-order valence-electron chi connectivity index (χ3n) is 7.57. The summed E-state index contributed by atoms with van der Waals surface area (Å²) in [7, 11) is 5.70. The van der Waals surface area contributed by atoms with E-state index in [4.69, 9.17) is 12.8 Å². The van der Waals surface area contributed by atoms with Gasteiger partial charge in [0, 0.05) is 41.4 Å². The fraction of sp³-hybridized carbons (Fsp3) is 0.367. The number of nitrogens with one attached hydrogen (secondary N) is 2. The first-order valence-corrected chi connectivity index (χ1v) is 13.4. The van der Waals surface area contributed by atoms with Crippen LogP contribution in [0.3, 0.4) is 0 Å².